The minimum atomic E-state index is -2.35. The van der Waals surface area contributed by atoms with Crippen LogP contribution in [0.4, 0.5) is 9.59 Å². The monoisotopic (exact) mass is 330 g/mol. The number of carbonyl (C=O) groups is 2. The van der Waals surface area contributed by atoms with Gasteiger partial charge < -0.3 is 9.16 Å². The third-order valence-electron chi connectivity index (χ3n) is 3.91. The molecule has 0 spiro atoms. The molecule has 0 heterocycles. The molecule has 0 bridgehead atoms. The Morgan fingerprint density at radius 2 is 1.36 bits per heavy atom. The molecule has 7 heteroatoms. The van der Waals surface area contributed by atoms with Gasteiger partial charge in [-0.3, -0.25) is 0 Å². The van der Waals surface area contributed by atoms with Crippen molar-refractivity contribution in [3.8, 4) is 0 Å². The van der Waals surface area contributed by atoms with Gasteiger partial charge in [-0.25, -0.2) is 9.59 Å². The SMILES string of the molecule is CCCCOC(=O)N=NC(=O)O[Si](C(C)C)(C(C)C)C(C)C. The summed E-state index contributed by atoms with van der Waals surface area (Å²) in [5.74, 6) is 0. The molecule has 0 aliphatic carbocycles. The summed E-state index contributed by atoms with van der Waals surface area (Å²) in [6.07, 6.45) is 0.0274. The summed E-state index contributed by atoms with van der Waals surface area (Å²) in [5, 5.41) is 6.63. The molecule has 0 atom stereocenters. The lowest BCUT2D eigenvalue weighted by molar-refractivity contribution is 0.152. The van der Waals surface area contributed by atoms with Gasteiger partial charge in [-0.2, -0.15) is 0 Å². The quantitative estimate of drug-likeness (QED) is 0.341. The fourth-order valence-electron chi connectivity index (χ4n) is 2.94. The van der Waals surface area contributed by atoms with E-state index in [1.165, 1.54) is 0 Å². The molecule has 0 aromatic heterocycles. The number of unbranched alkanes of at least 4 members (excludes halogenated alkanes) is 1. The number of nitrogens with zero attached hydrogens (tertiary/aromatic N) is 2. The third kappa shape index (κ3) is 5.86. The Balaban J connectivity index is 4.81. The van der Waals surface area contributed by atoms with Crippen LogP contribution >= 0.6 is 0 Å². The van der Waals surface area contributed by atoms with Gasteiger partial charge in [0.05, 0.1) is 6.61 Å². The second-order valence-corrected chi connectivity index (χ2v) is 11.7. The van der Waals surface area contributed by atoms with Gasteiger partial charge in [0.2, 0.25) is 0 Å². The minimum absolute atomic E-state index is 0.253. The van der Waals surface area contributed by atoms with Crippen molar-refractivity contribution in [2.75, 3.05) is 6.61 Å². The maximum Gasteiger partial charge on any atom is 0.452 e. The second-order valence-electron chi connectivity index (χ2n) is 6.35. The molecule has 0 radical (unpaired) electrons. The van der Waals surface area contributed by atoms with E-state index in [-0.39, 0.29) is 23.2 Å². The molecule has 0 aromatic rings. The molecule has 0 N–H and O–H groups in total. The van der Waals surface area contributed by atoms with Crippen molar-refractivity contribution in [3.63, 3.8) is 0 Å². The summed E-state index contributed by atoms with van der Waals surface area (Å²) in [7, 11) is -2.35. The molecule has 0 fully saturated rings. The zero-order valence-corrected chi connectivity index (χ0v) is 15.9. The smallest absolute Gasteiger partial charge is 0.452 e. The van der Waals surface area contributed by atoms with Crippen LogP contribution < -0.4 is 0 Å². The van der Waals surface area contributed by atoms with Crippen LogP contribution in [0.2, 0.25) is 16.6 Å². The van der Waals surface area contributed by atoms with Crippen molar-refractivity contribution >= 4 is 20.5 Å². The highest BCUT2D eigenvalue weighted by molar-refractivity contribution is 6.78. The maximum absolute atomic E-state index is 12.0. The lowest BCUT2D eigenvalue weighted by Crippen LogP contribution is -2.48. The number of carbonyl (C=O) groups excluding carboxylic acids is 2. The summed E-state index contributed by atoms with van der Waals surface area (Å²) in [5.41, 5.74) is 0.759. The molecule has 0 aliphatic rings. The zero-order chi connectivity index (χ0) is 17.3. The Bertz CT molecular complexity index is 373. The van der Waals surface area contributed by atoms with Gasteiger partial charge in [0.15, 0.2) is 0 Å². The summed E-state index contributed by atoms with van der Waals surface area (Å²) < 4.78 is 10.5. The summed E-state index contributed by atoms with van der Waals surface area (Å²) in [6.45, 7) is 14.7. The molecule has 0 saturated carbocycles. The molecule has 0 unspecified atom stereocenters. The highest BCUT2D eigenvalue weighted by Crippen LogP contribution is 2.42. The Kier molecular flexibility index (Phi) is 9.16. The highest BCUT2D eigenvalue weighted by atomic mass is 28.4. The number of ether oxygens (including phenoxy) is 1. The van der Waals surface area contributed by atoms with Crippen LogP contribution in [0.5, 0.6) is 0 Å². The number of amides is 2. The maximum atomic E-state index is 12.0. The Morgan fingerprint density at radius 3 is 1.77 bits per heavy atom. The molecule has 0 aromatic carbocycles. The van der Waals surface area contributed by atoms with Gasteiger partial charge in [-0.05, 0) is 23.0 Å². The largest absolute Gasteiger partial charge is 0.500 e. The first kappa shape index (κ1) is 20.8. The zero-order valence-electron chi connectivity index (χ0n) is 14.9. The van der Waals surface area contributed by atoms with E-state index in [0.29, 0.717) is 0 Å². The normalized spacial score (nSPS) is 12.5. The predicted octanol–water partition coefficient (Wildman–Crippen LogP) is 5.69. The van der Waals surface area contributed by atoms with Gasteiger partial charge in [-0.15, -0.1) is 0 Å². The minimum Gasteiger partial charge on any atom is -0.500 e. The number of rotatable bonds is 7. The van der Waals surface area contributed by atoms with Crippen LogP contribution in [0.25, 0.3) is 0 Å². The standard InChI is InChI=1S/C15H30N2O4Si/c1-8-9-10-20-14(18)16-17-15(19)21-22(11(2)3,12(4)5)13(6)7/h11-13H,8-10H2,1-7H3. The Morgan fingerprint density at radius 1 is 0.909 bits per heavy atom. The summed E-state index contributed by atoms with van der Waals surface area (Å²) >= 11 is 0. The summed E-state index contributed by atoms with van der Waals surface area (Å²) in [4.78, 5) is 23.3. The molecule has 6 nitrogen and oxygen atoms in total. The lowest BCUT2D eigenvalue weighted by atomic mass is 10.4. The van der Waals surface area contributed by atoms with Crippen LogP contribution in [-0.2, 0) is 9.16 Å². The van der Waals surface area contributed by atoms with Gasteiger partial charge in [0.1, 0.15) is 0 Å². The first-order chi connectivity index (χ1) is 10.2. The van der Waals surface area contributed by atoms with Gasteiger partial charge in [-0.1, -0.05) is 65.1 Å². The van der Waals surface area contributed by atoms with E-state index in [1.54, 1.807) is 0 Å². The Labute approximate surface area is 134 Å². The predicted molar refractivity (Wildman–Crippen MR) is 88.6 cm³/mol. The first-order valence-corrected chi connectivity index (χ1v) is 10.1. The topological polar surface area (TPSA) is 77.3 Å². The fraction of sp³-hybridized carbons (Fsp3) is 0.867. The third-order valence-corrected chi connectivity index (χ3v) is 9.85. The molecule has 0 aliphatic heterocycles. The van der Waals surface area contributed by atoms with Gasteiger partial charge in [0.25, 0.3) is 8.32 Å². The molecule has 22 heavy (non-hydrogen) atoms. The molecule has 0 rings (SSSR count). The van der Waals surface area contributed by atoms with Crippen LogP contribution in [0.1, 0.15) is 61.3 Å². The molecule has 2 amide bonds. The molecule has 0 saturated heterocycles. The van der Waals surface area contributed by atoms with E-state index >= 15 is 0 Å². The average molecular weight is 331 g/mol. The molecule has 128 valence electrons. The van der Waals surface area contributed by atoms with Crippen LogP contribution in [0.15, 0.2) is 10.2 Å². The van der Waals surface area contributed by atoms with Crippen molar-refractivity contribution in [2.24, 2.45) is 10.2 Å². The van der Waals surface area contributed by atoms with Crippen molar-refractivity contribution in [2.45, 2.75) is 77.9 Å². The average Bonchev–Trinajstić information content (AvgIpc) is 2.41. The molecular weight excluding hydrogens is 300 g/mol. The van der Waals surface area contributed by atoms with Crippen LogP contribution in [-0.4, -0.2) is 27.1 Å². The fourth-order valence-corrected chi connectivity index (χ4v) is 7.99. The second kappa shape index (κ2) is 9.71. The van der Waals surface area contributed by atoms with Crippen molar-refractivity contribution in [3.05, 3.63) is 0 Å². The van der Waals surface area contributed by atoms with E-state index in [4.69, 9.17) is 9.16 Å². The highest BCUT2D eigenvalue weighted by Gasteiger charge is 2.48. The van der Waals surface area contributed by atoms with Crippen molar-refractivity contribution < 1.29 is 18.8 Å². The van der Waals surface area contributed by atoms with Crippen LogP contribution in [0.3, 0.4) is 0 Å². The van der Waals surface area contributed by atoms with E-state index in [0.717, 1.165) is 12.8 Å². The van der Waals surface area contributed by atoms with E-state index < -0.39 is 20.5 Å². The van der Waals surface area contributed by atoms with Crippen molar-refractivity contribution in [1.82, 2.24) is 0 Å². The number of azo groups is 1. The van der Waals surface area contributed by atoms with Gasteiger partial charge >= 0.3 is 12.2 Å². The van der Waals surface area contributed by atoms with Crippen LogP contribution in [0, 0.1) is 0 Å². The van der Waals surface area contributed by atoms with Crippen molar-refractivity contribution in [1.29, 1.82) is 0 Å². The molecular formula is C15H30N2O4Si. The van der Waals surface area contributed by atoms with E-state index in [2.05, 4.69) is 51.8 Å². The number of hydrogen-bond donors (Lipinski definition) is 0. The summed E-state index contributed by atoms with van der Waals surface area (Å²) in [6, 6.07) is 0. The van der Waals surface area contributed by atoms with Gasteiger partial charge in [0, 0.05) is 0 Å². The van der Waals surface area contributed by atoms with E-state index in [1.807, 2.05) is 6.92 Å². The van der Waals surface area contributed by atoms with E-state index in [9.17, 15) is 9.59 Å². The Hall–Kier alpha value is -1.24. The first-order valence-electron chi connectivity index (χ1n) is 7.99. The number of hydrogen-bond acceptors (Lipinski definition) is 4. The lowest BCUT2D eigenvalue weighted by Gasteiger charge is -2.40.